The number of rotatable bonds is 2. The lowest BCUT2D eigenvalue weighted by molar-refractivity contribution is -0.142. The van der Waals surface area contributed by atoms with Gasteiger partial charge in [0.1, 0.15) is 10.2 Å². The lowest BCUT2D eigenvalue weighted by Crippen LogP contribution is -2.57. The molecule has 0 bridgehead atoms. The molecule has 0 spiro atoms. The van der Waals surface area contributed by atoms with Gasteiger partial charge in [-0.3, -0.25) is 4.40 Å². The van der Waals surface area contributed by atoms with Gasteiger partial charge in [0.25, 0.3) is 0 Å². The molecule has 1 amide bonds. The summed E-state index contributed by atoms with van der Waals surface area (Å²) in [5.74, 6) is 0.216. The normalized spacial score (nSPS) is 19.8. The lowest BCUT2D eigenvalue weighted by Gasteiger charge is -2.45. The number of nitrogens with zero attached hydrogens (tertiary/aromatic N) is 4. The highest BCUT2D eigenvalue weighted by atomic mass is 79.9. The van der Waals surface area contributed by atoms with Crippen LogP contribution < -0.4 is 5.32 Å². The molecule has 1 saturated heterocycles. The van der Waals surface area contributed by atoms with E-state index in [0.717, 1.165) is 4.40 Å². The number of likely N-dealkylation sites (tertiary alicyclic amines) is 1. The zero-order valence-corrected chi connectivity index (χ0v) is 19.1. The Kier molecular flexibility index (Phi) is 5.72. The quantitative estimate of drug-likeness (QED) is 0.632. The Balaban J connectivity index is 1.88. The zero-order chi connectivity index (χ0) is 22.5. The van der Waals surface area contributed by atoms with Crippen LogP contribution in [0.25, 0.3) is 5.65 Å². The Hall–Kier alpha value is -2.04. The first-order chi connectivity index (χ1) is 13.7. The maximum atomic E-state index is 13.4. The van der Waals surface area contributed by atoms with E-state index in [-0.39, 0.29) is 22.1 Å². The van der Waals surface area contributed by atoms with E-state index in [1.807, 2.05) is 13.8 Å². The highest BCUT2D eigenvalue weighted by Crippen LogP contribution is 2.36. The summed E-state index contributed by atoms with van der Waals surface area (Å²) in [6.07, 6.45) is -1.08. The van der Waals surface area contributed by atoms with Crippen molar-refractivity contribution < 1.29 is 22.7 Å². The molecular weight excluding hydrogens is 467 g/mol. The van der Waals surface area contributed by atoms with Gasteiger partial charge in [-0.05, 0) is 63.4 Å². The summed E-state index contributed by atoms with van der Waals surface area (Å²) in [6, 6.07) is -0.220. The first-order valence-electron chi connectivity index (χ1n) is 9.56. The van der Waals surface area contributed by atoms with E-state index in [4.69, 9.17) is 4.74 Å². The molecule has 7 nitrogen and oxygen atoms in total. The second-order valence-electron chi connectivity index (χ2n) is 9.00. The summed E-state index contributed by atoms with van der Waals surface area (Å²) >= 11 is 2.94. The molecule has 1 atom stereocenters. The Morgan fingerprint density at radius 2 is 2.00 bits per heavy atom. The number of hydrogen-bond acceptors (Lipinski definition) is 5. The molecule has 0 radical (unpaired) electrons. The molecule has 1 unspecified atom stereocenters. The lowest BCUT2D eigenvalue weighted by atomic mass is 9.88. The van der Waals surface area contributed by atoms with Gasteiger partial charge in [0.15, 0.2) is 17.2 Å². The van der Waals surface area contributed by atoms with Gasteiger partial charge in [-0.15, -0.1) is 0 Å². The van der Waals surface area contributed by atoms with E-state index >= 15 is 0 Å². The fourth-order valence-electron chi connectivity index (χ4n) is 3.48. The van der Waals surface area contributed by atoms with Crippen molar-refractivity contribution in [3.63, 3.8) is 0 Å². The third-order valence-corrected chi connectivity index (χ3v) is 5.51. The Bertz CT molecular complexity index is 952. The first kappa shape index (κ1) is 22.6. The summed E-state index contributed by atoms with van der Waals surface area (Å²) in [7, 11) is 0. The van der Waals surface area contributed by atoms with Crippen molar-refractivity contribution in [2.24, 2.45) is 0 Å². The number of ether oxygens (including phenoxy) is 1. The summed E-state index contributed by atoms with van der Waals surface area (Å²) in [5, 5.41) is 3.17. The van der Waals surface area contributed by atoms with E-state index in [1.54, 1.807) is 25.7 Å². The number of carbonyl (C=O) groups is 1. The van der Waals surface area contributed by atoms with Crippen molar-refractivity contribution in [3.8, 4) is 0 Å². The van der Waals surface area contributed by atoms with Gasteiger partial charge in [0.2, 0.25) is 0 Å². The molecule has 2 aromatic rings. The molecule has 0 aliphatic carbocycles. The molecule has 3 heterocycles. The van der Waals surface area contributed by atoms with Crippen molar-refractivity contribution in [2.75, 3.05) is 11.9 Å². The Morgan fingerprint density at radius 1 is 1.33 bits per heavy atom. The van der Waals surface area contributed by atoms with E-state index in [0.29, 0.717) is 19.4 Å². The van der Waals surface area contributed by atoms with Crippen LogP contribution in [0.15, 0.2) is 17.0 Å². The van der Waals surface area contributed by atoms with Gasteiger partial charge in [-0.2, -0.15) is 13.2 Å². The average molecular weight is 492 g/mol. The predicted molar refractivity (Wildman–Crippen MR) is 109 cm³/mol. The second kappa shape index (κ2) is 7.58. The summed E-state index contributed by atoms with van der Waals surface area (Å²) in [4.78, 5) is 22.5. The van der Waals surface area contributed by atoms with E-state index < -0.39 is 29.1 Å². The minimum absolute atomic E-state index is 0.0687. The number of piperidine rings is 1. The molecule has 1 aliphatic heterocycles. The van der Waals surface area contributed by atoms with Crippen molar-refractivity contribution in [1.29, 1.82) is 0 Å². The van der Waals surface area contributed by atoms with Gasteiger partial charge in [0, 0.05) is 30.5 Å². The zero-order valence-electron chi connectivity index (χ0n) is 17.5. The fourth-order valence-corrected chi connectivity index (χ4v) is 4.07. The number of halogens is 4. The van der Waals surface area contributed by atoms with E-state index in [9.17, 15) is 18.0 Å². The standard InChI is InChI=1S/C19H25BrF3N5O2/c1-17(2,3)30-16(29)28-10-11(6-7-18(28,4)5)25-14-15-24-8-9-27(15)12(13(20)26-14)19(21,22)23/h8-9,11H,6-7,10H2,1-5H3,(H,25,26). The van der Waals surface area contributed by atoms with Crippen LogP contribution >= 0.6 is 15.9 Å². The molecule has 1 fully saturated rings. The molecule has 1 aliphatic rings. The van der Waals surface area contributed by atoms with E-state index in [1.165, 1.54) is 12.4 Å². The SMILES string of the molecule is CC(C)(C)OC(=O)N1CC(Nc2nc(Br)c(C(F)(F)F)n3ccnc23)CCC1(C)C. The number of amides is 1. The predicted octanol–water partition coefficient (Wildman–Crippen LogP) is 5.10. The van der Waals surface area contributed by atoms with Crippen LogP contribution in [0.1, 0.15) is 53.2 Å². The summed E-state index contributed by atoms with van der Waals surface area (Å²) in [5.41, 5.74) is -1.90. The number of anilines is 1. The average Bonchev–Trinajstić information content (AvgIpc) is 3.02. The molecule has 0 aromatic carbocycles. The van der Waals surface area contributed by atoms with Gasteiger partial charge in [-0.1, -0.05) is 0 Å². The molecule has 0 saturated carbocycles. The minimum Gasteiger partial charge on any atom is -0.444 e. The Morgan fingerprint density at radius 3 is 2.60 bits per heavy atom. The molecule has 1 N–H and O–H groups in total. The minimum atomic E-state index is -4.59. The number of nitrogens with one attached hydrogen (secondary N) is 1. The van der Waals surface area contributed by atoms with E-state index in [2.05, 4.69) is 31.2 Å². The topological polar surface area (TPSA) is 71.8 Å². The van der Waals surface area contributed by atoms with Gasteiger partial charge >= 0.3 is 12.3 Å². The number of fused-ring (bicyclic) bond motifs is 1. The van der Waals surface area contributed by atoms with Gasteiger partial charge in [0.05, 0.1) is 0 Å². The number of alkyl halides is 3. The fraction of sp³-hybridized carbons (Fsp3) is 0.632. The highest BCUT2D eigenvalue weighted by molar-refractivity contribution is 9.10. The molecule has 30 heavy (non-hydrogen) atoms. The first-order valence-corrected chi connectivity index (χ1v) is 10.4. The van der Waals surface area contributed by atoms with Crippen LogP contribution in [0.4, 0.5) is 23.8 Å². The van der Waals surface area contributed by atoms with Crippen LogP contribution in [0, 0.1) is 0 Å². The second-order valence-corrected chi connectivity index (χ2v) is 9.75. The van der Waals surface area contributed by atoms with Crippen molar-refractivity contribution in [1.82, 2.24) is 19.3 Å². The maximum Gasteiger partial charge on any atom is 0.434 e. The maximum absolute atomic E-state index is 13.4. The molecule has 166 valence electrons. The van der Waals surface area contributed by atoms with Crippen molar-refractivity contribution >= 4 is 33.5 Å². The van der Waals surface area contributed by atoms with Gasteiger partial charge < -0.3 is 15.0 Å². The molecule has 3 rings (SSSR count). The monoisotopic (exact) mass is 491 g/mol. The van der Waals surface area contributed by atoms with Crippen LogP contribution in [0.5, 0.6) is 0 Å². The van der Waals surface area contributed by atoms with Crippen molar-refractivity contribution in [3.05, 3.63) is 22.7 Å². The smallest absolute Gasteiger partial charge is 0.434 e. The van der Waals surface area contributed by atoms with Crippen LogP contribution in [0.2, 0.25) is 0 Å². The number of hydrogen-bond donors (Lipinski definition) is 1. The van der Waals surface area contributed by atoms with Crippen LogP contribution in [0.3, 0.4) is 0 Å². The van der Waals surface area contributed by atoms with Gasteiger partial charge in [-0.25, -0.2) is 14.8 Å². The third-order valence-electron chi connectivity index (χ3n) is 4.96. The van der Waals surface area contributed by atoms with Crippen molar-refractivity contribution in [2.45, 2.75) is 70.8 Å². The Labute approximate surface area is 181 Å². The molecular formula is C19H25BrF3N5O2. The highest BCUT2D eigenvalue weighted by Gasteiger charge is 2.41. The van der Waals surface area contributed by atoms with Crippen LogP contribution in [-0.4, -0.2) is 49.1 Å². The summed E-state index contributed by atoms with van der Waals surface area (Å²) < 4.78 is 46.4. The number of imidazole rings is 1. The largest absolute Gasteiger partial charge is 0.444 e. The number of aromatic nitrogens is 3. The van der Waals surface area contributed by atoms with Crippen LogP contribution in [-0.2, 0) is 10.9 Å². The summed E-state index contributed by atoms with van der Waals surface area (Å²) in [6.45, 7) is 9.66. The third kappa shape index (κ3) is 4.65. The molecule has 11 heteroatoms. The number of carbonyl (C=O) groups excluding carboxylic acids is 1. The molecule has 2 aromatic heterocycles.